The lowest BCUT2D eigenvalue weighted by molar-refractivity contribution is 0.157. The van der Waals surface area contributed by atoms with Crippen molar-refractivity contribution in [1.29, 1.82) is 0 Å². The number of nitrogens with zero attached hydrogens (tertiary/aromatic N) is 2. The minimum Gasteiger partial charge on any atom is -0.448 e. The van der Waals surface area contributed by atoms with E-state index in [1.807, 2.05) is 0 Å². The number of hydrogen-bond acceptors (Lipinski definition) is 4. The number of pyridine rings is 1. The Kier molecular flexibility index (Phi) is 2.22. The van der Waals surface area contributed by atoms with E-state index in [1.54, 1.807) is 23.4 Å². The lowest BCUT2D eigenvalue weighted by Gasteiger charge is -2.13. The lowest BCUT2D eigenvalue weighted by Crippen LogP contribution is -2.24. The van der Waals surface area contributed by atoms with E-state index in [1.165, 1.54) is 0 Å². The van der Waals surface area contributed by atoms with Gasteiger partial charge >= 0.3 is 6.09 Å². The van der Waals surface area contributed by atoms with Crippen LogP contribution in [0.15, 0.2) is 18.5 Å². The summed E-state index contributed by atoms with van der Waals surface area (Å²) in [4.78, 5) is 16.7. The average Bonchev–Trinajstić information content (AvgIpc) is 2.56. The second-order valence-corrected chi connectivity index (χ2v) is 3.11. The number of carbonyl (C=O) groups is 1. The molecule has 1 aromatic rings. The Morgan fingerprint density at radius 3 is 3.14 bits per heavy atom. The van der Waals surface area contributed by atoms with Crippen LogP contribution in [0.4, 0.5) is 10.5 Å². The molecule has 2 N–H and O–H groups in total. The Balaban J connectivity index is 2.10. The molecule has 2 heterocycles. The minimum atomic E-state index is -0.284. The maximum Gasteiger partial charge on any atom is 0.410 e. The van der Waals surface area contributed by atoms with Crippen LogP contribution in [0.1, 0.15) is 5.56 Å². The van der Waals surface area contributed by atoms with Gasteiger partial charge in [0, 0.05) is 23.6 Å². The molecule has 1 saturated heterocycles. The van der Waals surface area contributed by atoms with Crippen LogP contribution in [-0.4, -0.2) is 29.1 Å². The van der Waals surface area contributed by atoms with E-state index >= 15 is 0 Å². The van der Waals surface area contributed by atoms with Gasteiger partial charge < -0.3 is 15.4 Å². The van der Waals surface area contributed by atoms with E-state index in [0.29, 0.717) is 25.4 Å². The van der Waals surface area contributed by atoms with Crippen LogP contribution in [0.3, 0.4) is 0 Å². The molecule has 0 aromatic carbocycles. The molecular weight excluding hydrogens is 182 g/mol. The third-order valence-corrected chi connectivity index (χ3v) is 2.15. The fourth-order valence-corrected chi connectivity index (χ4v) is 1.34. The van der Waals surface area contributed by atoms with Gasteiger partial charge in [0.1, 0.15) is 6.61 Å². The van der Waals surface area contributed by atoms with Crippen LogP contribution in [0.5, 0.6) is 0 Å². The molecular formula is C9H11N3O2. The predicted molar refractivity (Wildman–Crippen MR) is 50.4 cm³/mol. The van der Waals surface area contributed by atoms with Crippen molar-refractivity contribution < 1.29 is 9.53 Å². The Hall–Kier alpha value is -1.78. The number of cyclic esters (lactones) is 1. The van der Waals surface area contributed by atoms with Gasteiger partial charge in [0.2, 0.25) is 0 Å². The van der Waals surface area contributed by atoms with Crippen LogP contribution in [0, 0.1) is 0 Å². The van der Waals surface area contributed by atoms with Gasteiger partial charge in [0.05, 0.1) is 13.1 Å². The van der Waals surface area contributed by atoms with Crippen LogP contribution in [0.25, 0.3) is 0 Å². The molecule has 1 aromatic heterocycles. The Morgan fingerprint density at radius 2 is 2.50 bits per heavy atom. The summed E-state index contributed by atoms with van der Waals surface area (Å²) in [6.45, 7) is 1.55. The van der Waals surface area contributed by atoms with Crippen molar-refractivity contribution in [2.45, 2.75) is 6.54 Å². The summed E-state index contributed by atoms with van der Waals surface area (Å²) >= 11 is 0. The minimum absolute atomic E-state index is 0.284. The maximum absolute atomic E-state index is 11.1. The molecule has 0 bridgehead atoms. The molecule has 0 radical (unpaired) electrons. The molecule has 0 aliphatic carbocycles. The molecule has 2 rings (SSSR count). The summed E-state index contributed by atoms with van der Waals surface area (Å²) in [5, 5.41) is 0. The van der Waals surface area contributed by atoms with Crippen molar-refractivity contribution in [3.05, 3.63) is 24.0 Å². The molecule has 1 aliphatic heterocycles. The third kappa shape index (κ3) is 1.61. The number of amides is 1. The number of carbonyl (C=O) groups excluding carboxylic acids is 1. The number of anilines is 1. The number of ether oxygens (including phenoxy) is 1. The smallest absolute Gasteiger partial charge is 0.410 e. The van der Waals surface area contributed by atoms with E-state index < -0.39 is 0 Å². The van der Waals surface area contributed by atoms with Gasteiger partial charge in [0.15, 0.2) is 0 Å². The highest BCUT2D eigenvalue weighted by atomic mass is 16.6. The molecule has 0 atom stereocenters. The van der Waals surface area contributed by atoms with Gasteiger partial charge in [0.25, 0.3) is 0 Å². The SMILES string of the molecule is Nc1ccncc1CN1CCOC1=O. The predicted octanol–water partition coefficient (Wildman–Crippen LogP) is 0.616. The fraction of sp³-hybridized carbons (Fsp3) is 0.333. The van der Waals surface area contributed by atoms with Crippen molar-refractivity contribution >= 4 is 11.8 Å². The molecule has 0 saturated carbocycles. The fourth-order valence-electron chi connectivity index (χ4n) is 1.34. The quantitative estimate of drug-likeness (QED) is 0.747. The Labute approximate surface area is 81.5 Å². The molecule has 5 heteroatoms. The van der Waals surface area contributed by atoms with E-state index in [-0.39, 0.29) is 6.09 Å². The Morgan fingerprint density at radius 1 is 1.64 bits per heavy atom. The Bertz CT molecular complexity index is 354. The second-order valence-electron chi connectivity index (χ2n) is 3.11. The van der Waals surface area contributed by atoms with E-state index in [0.717, 1.165) is 5.56 Å². The first-order chi connectivity index (χ1) is 6.77. The normalized spacial score (nSPS) is 15.7. The van der Waals surface area contributed by atoms with Crippen LogP contribution < -0.4 is 5.73 Å². The van der Waals surface area contributed by atoms with Crippen molar-refractivity contribution in [3.8, 4) is 0 Å². The molecule has 1 amide bonds. The summed E-state index contributed by atoms with van der Waals surface area (Å²) in [5.74, 6) is 0. The number of hydrogen-bond donors (Lipinski definition) is 1. The van der Waals surface area contributed by atoms with E-state index in [9.17, 15) is 4.79 Å². The third-order valence-electron chi connectivity index (χ3n) is 2.15. The second kappa shape index (κ2) is 3.53. The first-order valence-corrected chi connectivity index (χ1v) is 4.37. The monoisotopic (exact) mass is 193 g/mol. The molecule has 0 spiro atoms. The van der Waals surface area contributed by atoms with Gasteiger partial charge in [-0.25, -0.2) is 4.79 Å². The molecule has 74 valence electrons. The average molecular weight is 193 g/mol. The molecule has 1 aliphatic rings. The first kappa shape index (κ1) is 8.80. The van der Waals surface area contributed by atoms with Crippen LogP contribution in [0.2, 0.25) is 0 Å². The van der Waals surface area contributed by atoms with Gasteiger partial charge in [-0.05, 0) is 6.07 Å². The zero-order valence-electron chi connectivity index (χ0n) is 7.64. The molecule has 0 unspecified atom stereocenters. The van der Waals surface area contributed by atoms with Crippen LogP contribution >= 0.6 is 0 Å². The number of aromatic nitrogens is 1. The molecule has 5 nitrogen and oxygen atoms in total. The number of nitrogen functional groups attached to an aromatic ring is 1. The highest BCUT2D eigenvalue weighted by Crippen LogP contribution is 2.14. The summed E-state index contributed by atoms with van der Waals surface area (Å²) in [6, 6.07) is 1.72. The maximum atomic E-state index is 11.1. The summed E-state index contributed by atoms with van der Waals surface area (Å²) in [7, 11) is 0. The number of rotatable bonds is 2. The van der Waals surface area contributed by atoms with Crippen molar-refractivity contribution in [3.63, 3.8) is 0 Å². The summed E-state index contributed by atoms with van der Waals surface area (Å²) in [5.41, 5.74) is 7.23. The molecule has 14 heavy (non-hydrogen) atoms. The molecule has 1 fully saturated rings. The lowest BCUT2D eigenvalue weighted by atomic mass is 10.2. The standard InChI is InChI=1S/C9H11N3O2/c10-8-1-2-11-5-7(8)6-12-3-4-14-9(12)13/h1-2,5H,3-4,6H2,(H2,10,11). The van der Waals surface area contributed by atoms with Gasteiger partial charge in [-0.3, -0.25) is 4.98 Å². The zero-order chi connectivity index (χ0) is 9.97. The van der Waals surface area contributed by atoms with Gasteiger partial charge in [-0.2, -0.15) is 0 Å². The topological polar surface area (TPSA) is 68.4 Å². The largest absolute Gasteiger partial charge is 0.448 e. The van der Waals surface area contributed by atoms with Crippen molar-refractivity contribution in [2.75, 3.05) is 18.9 Å². The summed E-state index contributed by atoms with van der Waals surface area (Å²) < 4.78 is 4.80. The highest BCUT2D eigenvalue weighted by Gasteiger charge is 2.22. The van der Waals surface area contributed by atoms with Crippen LogP contribution in [-0.2, 0) is 11.3 Å². The first-order valence-electron chi connectivity index (χ1n) is 4.37. The highest BCUT2D eigenvalue weighted by molar-refractivity contribution is 5.69. The van der Waals surface area contributed by atoms with Crippen molar-refractivity contribution in [1.82, 2.24) is 9.88 Å². The number of nitrogens with two attached hydrogens (primary N) is 1. The van der Waals surface area contributed by atoms with Gasteiger partial charge in [-0.15, -0.1) is 0 Å². The summed E-state index contributed by atoms with van der Waals surface area (Å²) in [6.07, 6.45) is 3.01. The zero-order valence-corrected chi connectivity index (χ0v) is 7.64. The van der Waals surface area contributed by atoms with E-state index in [4.69, 9.17) is 10.5 Å². The van der Waals surface area contributed by atoms with Gasteiger partial charge in [-0.1, -0.05) is 0 Å². The van der Waals surface area contributed by atoms with Crippen molar-refractivity contribution in [2.24, 2.45) is 0 Å². The van der Waals surface area contributed by atoms with E-state index in [2.05, 4.69) is 4.98 Å².